The highest BCUT2D eigenvalue weighted by atomic mass is 16.5. The van der Waals surface area contributed by atoms with E-state index in [0.717, 1.165) is 5.56 Å². The second-order valence-corrected chi connectivity index (χ2v) is 5.31. The number of fused-ring (bicyclic) bond motifs is 5. The van der Waals surface area contributed by atoms with Crippen LogP contribution in [0.25, 0.3) is 6.08 Å². The minimum Gasteiger partial charge on any atom is -0.365 e. The Morgan fingerprint density at radius 2 is 1.55 bits per heavy atom. The van der Waals surface area contributed by atoms with Crippen molar-refractivity contribution in [2.45, 2.75) is 12.2 Å². The Kier molecular flexibility index (Phi) is 2.26. The molecule has 0 radical (unpaired) electrons. The SMILES string of the molecule is C=Cc1ccc(N2C(=O)C3C(C2=O)[C@H]2C=C[C@@H]3O2)cc1. The fourth-order valence-electron chi connectivity index (χ4n) is 3.32. The normalized spacial score (nSPS) is 33.9. The van der Waals surface area contributed by atoms with Crippen molar-refractivity contribution in [1.29, 1.82) is 0 Å². The quantitative estimate of drug-likeness (QED) is 0.606. The standard InChI is InChI=1S/C16H13NO3/c1-2-9-3-5-10(6-4-9)17-15(18)13-11-7-8-12(20-11)14(13)16(17)19/h2-8,11-14H,1H2/t11-,12+,13?,14?. The number of hydrogen-bond donors (Lipinski definition) is 0. The van der Waals surface area contributed by atoms with Gasteiger partial charge in [0.05, 0.1) is 29.7 Å². The van der Waals surface area contributed by atoms with Gasteiger partial charge in [0.25, 0.3) is 0 Å². The highest BCUT2D eigenvalue weighted by molar-refractivity contribution is 6.23. The Bertz CT molecular complexity index is 616. The molecule has 4 heteroatoms. The van der Waals surface area contributed by atoms with E-state index in [2.05, 4.69) is 6.58 Å². The molecular formula is C16H13NO3. The first-order valence-corrected chi connectivity index (χ1v) is 6.65. The first-order chi connectivity index (χ1) is 9.70. The fraction of sp³-hybridized carbons (Fsp3) is 0.250. The average Bonchev–Trinajstić information content (AvgIpc) is 3.14. The molecule has 0 N–H and O–H groups in total. The lowest BCUT2D eigenvalue weighted by molar-refractivity contribution is -0.124. The summed E-state index contributed by atoms with van der Waals surface area (Å²) in [4.78, 5) is 26.3. The van der Waals surface area contributed by atoms with E-state index in [-0.39, 0.29) is 35.9 Å². The van der Waals surface area contributed by atoms with E-state index in [4.69, 9.17) is 4.74 Å². The number of rotatable bonds is 2. The van der Waals surface area contributed by atoms with Crippen molar-refractivity contribution in [1.82, 2.24) is 0 Å². The summed E-state index contributed by atoms with van der Waals surface area (Å²) in [6, 6.07) is 7.26. The van der Waals surface area contributed by atoms with Crippen LogP contribution < -0.4 is 4.90 Å². The van der Waals surface area contributed by atoms with Gasteiger partial charge in [-0.25, -0.2) is 4.90 Å². The van der Waals surface area contributed by atoms with Crippen LogP contribution in [0.1, 0.15) is 5.56 Å². The first kappa shape index (κ1) is 11.6. The molecule has 2 saturated heterocycles. The van der Waals surface area contributed by atoms with E-state index in [0.29, 0.717) is 5.69 Å². The van der Waals surface area contributed by atoms with Gasteiger partial charge in [0.1, 0.15) is 0 Å². The van der Waals surface area contributed by atoms with Crippen molar-refractivity contribution in [3.8, 4) is 0 Å². The van der Waals surface area contributed by atoms with Crippen molar-refractivity contribution in [2.24, 2.45) is 11.8 Å². The van der Waals surface area contributed by atoms with Gasteiger partial charge < -0.3 is 4.74 Å². The summed E-state index contributed by atoms with van der Waals surface area (Å²) in [5.41, 5.74) is 1.58. The second-order valence-electron chi connectivity index (χ2n) is 5.31. The second kappa shape index (κ2) is 3.90. The first-order valence-electron chi connectivity index (χ1n) is 6.65. The van der Waals surface area contributed by atoms with E-state index >= 15 is 0 Å². The molecule has 0 spiro atoms. The summed E-state index contributed by atoms with van der Waals surface area (Å²) in [5.74, 6) is -1.00. The number of nitrogens with zero attached hydrogens (tertiary/aromatic N) is 1. The maximum absolute atomic E-state index is 12.5. The molecule has 2 fully saturated rings. The Balaban J connectivity index is 1.71. The van der Waals surface area contributed by atoms with Gasteiger partial charge in [-0.1, -0.05) is 36.9 Å². The van der Waals surface area contributed by atoms with E-state index in [1.54, 1.807) is 18.2 Å². The Hall–Kier alpha value is -2.20. The zero-order chi connectivity index (χ0) is 13.9. The molecular weight excluding hydrogens is 254 g/mol. The van der Waals surface area contributed by atoms with Crippen molar-refractivity contribution in [2.75, 3.05) is 4.90 Å². The van der Waals surface area contributed by atoms with Crippen LogP contribution >= 0.6 is 0 Å². The predicted octanol–water partition coefficient (Wildman–Crippen LogP) is 1.77. The van der Waals surface area contributed by atoms with Crippen LogP contribution in [0.15, 0.2) is 43.0 Å². The van der Waals surface area contributed by atoms with Crippen molar-refractivity contribution >= 4 is 23.6 Å². The smallest absolute Gasteiger partial charge is 0.240 e. The third-order valence-electron chi connectivity index (χ3n) is 4.30. The maximum Gasteiger partial charge on any atom is 0.240 e. The van der Waals surface area contributed by atoms with Gasteiger partial charge in [-0.3, -0.25) is 9.59 Å². The van der Waals surface area contributed by atoms with Crippen LogP contribution in [-0.4, -0.2) is 24.0 Å². The highest BCUT2D eigenvalue weighted by Crippen LogP contribution is 2.46. The molecule has 4 rings (SSSR count). The number of ether oxygens (including phenoxy) is 1. The molecule has 3 heterocycles. The summed E-state index contributed by atoms with van der Waals surface area (Å²) in [5, 5.41) is 0. The predicted molar refractivity (Wildman–Crippen MR) is 73.8 cm³/mol. The van der Waals surface area contributed by atoms with Gasteiger partial charge in [0.2, 0.25) is 11.8 Å². The van der Waals surface area contributed by atoms with Gasteiger partial charge in [-0.15, -0.1) is 0 Å². The third-order valence-corrected chi connectivity index (χ3v) is 4.30. The van der Waals surface area contributed by atoms with Crippen molar-refractivity contribution < 1.29 is 14.3 Å². The molecule has 3 aliphatic rings. The molecule has 20 heavy (non-hydrogen) atoms. The Labute approximate surface area is 116 Å². The van der Waals surface area contributed by atoms with E-state index in [9.17, 15) is 9.59 Å². The number of imide groups is 1. The van der Waals surface area contributed by atoms with Crippen LogP contribution in [0.5, 0.6) is 0 Å². The fourth-order valence-corrected chi connectivity index (χ4v) is 3.32. The zero-order valence-corrected chi connectivity index (χ0v) is 10.7. The van der Waals surface area contributed by atoms with Gasteiger partial charge in [-0.2, -0.15) is 0 Å². The number of carbonyl (C=O) groups excluding carboxylic acids is 2. The molecule has 2 amide bonds. The maximum atomic E-state index is 12.5. The van der Waals surface area contributed by atoms with E-state index in [1.165, 1.54) is 4.90 Å². The van der Waals surface area contributed by atoms with Gasteiger partial charge in [-0.05, 0) is 17.7 Å². The molecule has 1 aromatic rings. The summed E-state index contributed by atoms with van der Waals surface area (Å²) >= 11 is 0. The third kappa shape index (κ3) is 1.34. The lowest BCUT2D eigenvalue weighted by atomic mass is 9.85. The Morgan fingerprint density at radius 1 is 1.00 bits per heavy atom. The van der Waals surface area contributed by atoms with Crippen LogP contribution in [0.4, 0.5) is 5.69 Å². The average molecular weight is 267 g/mol. The van der Waals surface area contributed by atoms with Crippen LogP contribution in [-0.2, 0) is 14.3 Å². The lowest BCUT2D eigenvalue weighted by Gasteiger charge is -2.17. The van der Waals surface area contributed by atoms with Gasteiger partial charge in [0.15, 0.2) is 0 Å². The molecule has 3 aliphatic heterocycles. The van der Waals surface area contributed by atoms with Crippen molar-refractivity contribution in [3.05, 3.63) is 48.6 Å². The number of carbonyl (C=O) groups is 2. The summed E-state index contributed by atoms with van der Waals surface area (Å²) in [6.45, 7) is 3.69. The molecule has 4 nitrogen and oxygen atoms in total. The molecule has 2 bridgehead atoms. The van der Waals surface area contributed by atoms with Crippen LogP contribution in [0.2, 0.25) is 0 Å². The van der Waals surface area contributed by atoms with Gasteiger partial charge >= 0.3 is 0 Å². The topological polar surface area (TPSA) is 46.6 Å². The number of benzene rings is 1. The van der Waals surface area contributed by atoms with Crippen LogP contribution in [0.3, 0.4) is 0 Å². The van der Waals surface area contributed by atoms with Crippen LogP contribution in [0, 0.1) is 11.8 Å². The molecule has 2 unspecified atom stereocenters. The molecule has 100 valence electrons. The van der Waals surface area contributed by atoms with E-state index in [1.807, 2.05) is 24.3 Å². The molecule has 1 aromatic carbocycles. The largest absolute Gasteiger partial charge is 0.365 e. The minimum absolute atomic E-state index is 0.150. The summed E-state index contributed by atoms with van der Waals surface area (Å²) < 4.78 is 5.61. The molecule has 0 saturated carbocycles. The zero-order valence-electron chi connectivity index (χ0n) is 10.7. The number of anilines is 1. The Morgan fingerprint density at radius 3 is 2.05 bits per heavy atom. The van der Waals surface area contributed by atoms with Crippen molar-refractivity contribution in [3.63, 3.8) is 0 Å². The number of amides is 2. The molecule has 0 aliphatic carbocycles. The lowest BCUT2D eigenvalue weighted by Crippen LogP contribution is -2.34. The molecule has 0 aromatic heterocycles. The van der Waals surface area contributed by atoms with Gasteiger partial charge in [0, 0.05) is 0 Å². The highest BCUT2D eigenvalue weighted by Gasteiger charge is 2.60. The van der Waals surface area contributed by atoms with E-state index < -0.39 is 0 Å². The summed E-state index contributed by atoms with van der Waals surface area (Å²) in [6.07, 6.45) is 5.03. The summed E-state index contributed by atoms with van der Waals surface area (Å²) in [7, 11) is 0. The molecule has 4 atom stereocenters. The monoisotopic (exact) mass is 267 g/mol. The minimum atomic E-state index is -0.350. The number of hydrogen-bond acceptors (Lipinski definition) is 3.